The van der Waals surface area contributed by atoms with Crippen molar-refractivity contribution in [2.24, 2.45) is 0 Å². The van der Waals surface area contributed by atoms with Gasteiger partial charge in [-0.05, 0) is 191 Å². The third kappa shape index (κ3) is 10.6. The fraction of sp³-hybridized carbons (Fsp3) is 0. The highest BCUT2D eigenvalue weighted by molar-refractivity contribution is 6.13. The quantitative estimate of drug-likeness (QED) is 0.122. The molecule has 6 nitrogen and oxygen atoms in total. The summed E-state index contributed by atoms with van der Waals surface area (Å²) in [4.78, 5) is 4.74. The van der Waals surface area contributed by atoms with Gasteiger partial charge in [0.2, 0.25) is 0 Å². The van der Waals surface area contributed by atoms with Crippen LogP contribution in [0.5, 0.6) is 0 Å². The minimum atomic E-state index is 1.09. The second-order valence-corrected chi connectivity index (χ2v) is 27.2. The van der Waals surface area contributed by atoms with E-state index in [1.165, 1.54) is 120 Å². The molecule has 0 atom stereocenters. The van der Waals surface area contributed by atoms with E-state index in [9.17, 15) is 0 Å². The van der Waals surface area contributed by atoms with Gasteiger partial charge in [-0.3, -0.25) is 0 Å². The molecule has 0 N–H and O–H groups in total. The minimum absolute atomic E-state index is 1.09. The molecule has 6 heteroatoms. The molecule has 0 bridgehead atoms. The summed E-state index contributed by atoms with van der Waals surface area (Å²) in [5.74, 6) is 0. The molecule has 0 unspecified atom stereocenters. The predicted octanol–water partition coefficient (Wildman–Crippen LogP) is 27.2. The molecule has 21 aromatic rings. The van der Waals surface area contributed by atoms with Crippen LogP contribution in [0, 0.1) is 0 Å². The lowest BCUT2D eigenvalue weighted by Crippen LogP contribution is -2.11. The van der Waals surface area contributed by atoms with E-state index in [0.29, 0.717) is 0 Å². The highest BCUT2D eigenvalue weighted by Crippen LogP contribution is 2.44. The van der Waals surface area contributed by atoms with Gasteiger partial charge in [0.05, 0.1) is 49.8 Å². The second-order valence-electron chi connectivity index (χ2n) is 27.2. The van der Waals surface area contributed by atoms with Crippen LogP contribution in [0.4, 0.5) is 34.1 Å². The topological polar surface area (TPSA) is 26.2 Å². The van der Waals surface area contributed by atoms with Crippen LogP contribution in [-0.4, -0.2) is 18.3 Å². The normalized spacial score (nSPS) is 11.6. The van der Waals surface area contributed by atoms with Crippen molar-refractivity contribution in [3.63, 3.8) is 0 Å². The number of rotatable bonds is 12. The predicted molar refractivity (Wildman–Crippen MR) is 448 cm³/mol. The molecule has 4 heterocycles. The van der Waals surface area contributed by atoms with Crippen molar-refractivity contribution in [3.05, 3.63) is 413 Å². The summed E-state index contributed by atoms with van der Waals surface area (Å²) in [6, 6.07) is 149. The van der Waals surface area contributed by atoms with E-state index in [-0.39, 0.29) is 0 Å². The molecule has 0 saturated carbocycles. The van der Waals surface area contributed by atoms with E-state index in [1.807, 2.05) is 0 Å². The third-order valence-corrected chi connectivity index (χ3v) is 21.2. The Bertz CT molecular complexity index is 6310. The van der Waals surface area contributed by atoms with Crippen LogP contribution in [-0.2, 0) is 0 Å². The number of benzene rings is 17. The van der Waals surface area contributed by atoms with Gasteiger partial charge in [-0.25, -0.2) is 0 Å². The highest BCUT2D eigenvalue weighted by Gasteiger charge is 2.22. The molecule has 498 valence electrons. The van der Waals surface area contributed by atoms with Crippen molar-refractivity contribution in [2.75, 3.05) is 9.80 Å². The average Bonchev–Trinajstić information content (AvgIpc) is 1.65. The van der Waals surface area contributed by atoms with Crippen molar-refractivity contribution in [1.82, 2.24) is 18.3 Å². The number of nitrogens with zero attached hydrogens (tertiary/aromatic N) is 6. The molecule has 4 aromatic heterocycles. The first kappa shape index (κ1) is 61.7. The zero-order valence-corrected chi connectivity index (χ0v) is 57.9. The Balaban J connectivity index is 0.000000142. The summed E-state index contributed by atoms with van der Waals surface area (Å²) < 4.78 is 9.49. The molecule has 0 aliphatic carbocycles. The van der Waals surface area contributed by atoms with Gasteiger partial charge in [0.15, 0.2) is 0 Å². The van der Waals surface area contributed by atoms with Gasteiger partial charge in [-0.15, -0.1) is 0 Å². The van der Waals surface area contributed by atoms with E-state index < -0.39 is 0 Å². The molecule has 0 amide bonds. The molecule has 0 radical (unpaired) electrons. The van der Waals surface area contributed by atoms with Crippen molar-refractivity contribution >= 4 is 132 Å². The van der Waals surface area contributed by atoms with Gasteiger partial charge >= 0.3 is 0 Å². The van der Waals surface area contributed by atoms with E-state index in [4.69, 9.17) is 0 Å². The molecule has 21 rings (SSSR count). The van der Waals surface area contributed by atoms with Gasteiger partial charge in [0, 0.05) is 99.7 Å². The zero-order valence-electron chi connectivity index (χ0n) is 57.9. The van der Waals surface area contributed by atoms with Gasteiger partial charge in [-0.2, -0.15) is 0 Å². The fourth-order valence-electron chi connectivity index (χ4n) is 16.4. The maximum atomic E-state index is 2.38. The second kappa shape index (κ2) is 26.0. The monoisotopic (exact) mass is 1350 g/mol. The van der Waals surface area contributed by atoms with Crippen LogP contribution in [0.1, 0.15) is 0 Å². The molecule has 17 aromatic carbocycles. The average molecular weight is 1350 g/mol. The van der Waals surface area contributed by atoms with Gasteiger partial charge < -0.3 is 28.1 Å². The van der Waals surface area contributed by atoms with Crippen molar-refractivity contribution in [1.29, 1.82) is 0 Å². The Hall–Kier alpha value is -14.2. The summed E-state index contributed by atoms with van der Waals surface area (Å²) in [6.45, 7) is 0. The Morgan fingerprint density at radius 2 is 0.349 bits per heavy atom. The van der Waals surface area contributed by atoms with E-state index in [2.05, 4.69) is 441 Å². The van der Waals surface area contributed by atoms with Crippen LogP contribution in [0.3, 0.4) is 0 Å². The SMILES string of the molecule is c1ccc(-c2ccc(-c3ccc(N(c4ccc(-n5c6ccccc6c6ccccc65)cc4)c4ccc(-n5c6ccccc6c6ccccc65)cc4)cc3)cc2)cc1.c1ccc2c(N(c3ccc(-n4c5ccccc5c5ccccc54)cc3)c3ccc(-n4c5ccccc5c5ccccc54)cc3)cccc2c1. The number of hydrogen-bond acceptors (Lipinski definition) is 2. The lowest BCUT2D eigenvalue weighted by atomic mass is 10.00. The van der Waals surface area contributed by atoms with E-state index in [1.54, 1.807) is 0 Å². The Kier molecular flexibility index (Phi) is 15.1. The number of anilines is 6. The summed E-state index contributed by atoms with van der Waals surface area (Å²) in [5, 5.41) is 12.5. The lowest BCUT2D eigenvalue weighted by Gasteiger charge is -2.27. The maximum Gasteiger partial charge on any atom is 0.0541 e. The Morgan fingerprint density at radius 3 is 0.642 bits per heavy atom. The molecule has 0 aliphatic heterocycles. The number of para-hydroxylation sites is 8. The Labute approximate surface area is 613 Å². The molecule has 0 spiro atoms. The summed E-state index contributed by atoms with van der Waals surface area (Å²) in [6.07, 6.45) is 0. The first-order valence-corrected chi connectivity index (χ1v) is 36.3. The molecule has 0 aliphatic rings. The number of fused-ring (bicyclic) bond motifs is 13. The van der Waals surface area contributed by atoms with Crippen LogP contribution in [0.2, 0.25) is 0 Å². The molecular weight excluding hydrogens is 1290 g/mol. The van der Waals surface area contributed by atoms with Crippen LogP contribution >= 0.6 is 0 Å². The maximum absolute atomic E-state index is 2.38. The molecular formula is C100H68N6. The van der Waals surface area contributed by atoms with Crippen LogP contribution < -0.4 is 9.80 Å². The van der Waals surface area contributed by atoms with E-state index >= 15 is 0 Å². The third-order valence-electron chi connectivity index (χ3n) is 21.2. The number of hydrogen-bond donors (Lipinski definition) is 0. The summed E-state index contributed by atoms with van der Waals surface area (Å²) in [5.41, 5.74) is 25.6. The van der Waals surface area contributed by atoms with Gasteiger partial charge in [0.1, 0.15) is 0 Å². The Morgan fingerprint density at radius 1 is 0.142 bits per heavy atom. The molecule has 106 heavy (non-hydrogen) atoms. The largest absolute Gasteiger partial charge is 0.311 e. The standard InChI is InChI=1S/C54H37N3.C46H31N3/c1-2-12-38(13-3-1)39-22-24-40(25-23-39)41-26-28-42(29-27-41)55(43-30-34-45(35-31-43)56-51-18-8-4-14-47(51)48-15-5-9-19-52(48)56)44-32-36-46(37-33-44)57-53-20-10-6-16-49(53)50-17-7-11-21-54(50)57;1-2-14-37-32(12-1)13-11-23-42(37)47(33-24-28-35(29-25-33)48-43-19-7-3-15-38(43)39-16-4-8-20-44(39)48)34-26-30-36(31-27-34)49-45-21-9-5-17-40(45)41-18-6-10-22-46(41)49/h1-37H;1-31H. The van der Waals surface area contributed by atoms with E-state index in [0.717, 1.165) is 56.9 Å². The molecule has 0 fully saturated rings. The first-order valence-electron chi connectivity index (χ1n) is 36.3. The number of aromatic nitrogens is 4. The van der Waals surface area contributed by atoms with Gasteiger partial charge in [-0.1, -0.05) is 249 Å². The van der Waals surface area contributed by atoms with Crippen molar-refractivity contribution < 1.29 is 0 Å². The lowest BCUT2D eigenvalue weighted by molar-refractivity contribution is 1.17. The summed E-state index contributed by atoms with van der Waals surface area (Å²) >= 11 is 0. The smallest absolute Gasteiger partial charge is 0.0541 e. The van der Waals surface area contributed by atoms with Crippen LogP contribution in [0.15, 0.2) is 413 Å². The van der Waals surface area contributed by atoms with Gasteiger partial charge in [0.25, 0.3) is 0 Å². The molecule has 0 saturated heterocycles. The van der Waals surface area contributed by atoms with Crippen LogP contribution in [0.25, 0.3) is 143 Å². The zero-order chi connectivity index (χ0) is 70.0. The fourth-order valence-corrected chi connectivity index (χ4v) is 16.4. The van der Waals surface area contributed by atoms with Crippen molar-refractivity contribution in [3.8, 4) is 45.0 Å². The van der Waals surface area contributed by atoms with Crippen molar-refractivity contribution in [2.45, 2.75) is 0 Å². The summed E-state index contributed by atoms with van der Waals surface area (Å²) in [7, 11) is 0. The minimum Gasteiger partial charge on any atom is -0.311 e. The first-order chi connectivity index (χ1) is 52.6. The highest BCUT2D eigenvalue weighted by atomic mass is 15.2.